The first-order chi connectivity index (χ1) is 7.13. The van der Waals surface area contributed by atoms with Crippen LogP contribution in [-0.2, 0) is 4.79 Å². The number of hydrogen-bond acceptors (Lipinski definition) is 5. The lowest BCUT2D eigenvalue weighted by Gasteiger charge is -2.00. The van der Waals surface area contributed by atoms with Crippen molar-refractivity contribution in [1.29, 1.82) is 0 Å². The number of nitrogens with one attached hydrogen (secondary N) is 1. The summed E-state index contributed by atoms with van der Waals surface area (Å²) in [5.41, 5.74) is 0.128. The van der Waals surface area contributed by atoms with Crippen molar-refractivity contribution in [3.63, 3.8) is 0 Å². The second-order valence-corrected chi connectivity index (χ2v) is 2.54. The predicted octanol–water partition coefficient (Wildman–Crippen LogP) is 0.993. The molecule has 1 aromatic rings. The molecule has 1 aromatic carbocycles. The van der Waals surface area contributed by atoms with Gasteiger partial charge in [0.1, 0.15) is 6.21 Å². The summed E-state index contributed by atoms with van der Waals surface area (Å²) in [6.07, 6.45) is 0.652. The second-order valence-electron chi connectivity index (χ2n) is 2.54. The molecule has 0 radical (unpaired) electrons. The van der Waals surface area contributed by atoms with Crippen LogP contribution in [0.25, 0.3) is 0 Å². The van der Waals surface area contributed by atoms with Gasteiger partial charge in [0.25, 0.3) is 11.6 Å². The molecule has 0 saturated heterocycles. The molecule has 2 N–H and O–H groups in total. The summed E-state index contributed by atoms with van der Waals surface area (Å²) < 4.78 is 0. The van der Waals surface area contributed by atoms with E-state index < -0.39 is 10.8 Å². The summed E-state index contributed by atoms with van der Waals surface area (Å²) >= 11 is 0. The molecular formula is C8H7N3O4. The number of non-ortho nitro benzene ring substituents is 1. The Kier molecular flexibility index (Phi) is 3.33. The van der Waals surface area contributed by atoms with Crippen molar-refractivity contribution < 1.29 is 14.9 Å². The van der Waals surface area contributed by atoms with Gasteiger partial charge in [0.05, 0.1) is 4.92 Å². The molecule has 0 bridgehead atoms. The van der Waals surface area contributed by atoms with E-state index in [-0.39, 0.29) is 11.4 Å². The molecule has 0 aromatic heterocycles. The Balaban J connectivity index is 2.82. The summed E-state index contributed by atoms with van der Waals surface area (Å²) in [7, 11) is 0. The minimum atomic E-state index is -0.669. The van der Waals surface area contributed by atoms with Crippen molar-refractivity contribution in [2.24, 2.45) is 5.16 Å². The van der Waals surface area contributed by atoms with Gasteiger partial charge in [-0.1, -0.05) is 11.2 Å². The standard InChI is InChI=1S/C8H7N3O4/c12-8(5-9-13)10-6-2-1-3-7(4-6)11(14)15/h1-5,13H,(H,10,12). The maximum atomic E-state index is 10.9. The number of nitro benzene ring substituents is 1. The van der Waals surface area contributed by atoms with Gasteiger partial charge in [0.2, 0.25) is 0 Å². The summed E-state index contributed by atoms with van der Waals surface area (Å²) in [5.74, 6) is -0.669. The summed E-state index contributed by atoms with van der Waals surface area (Å²) in [5, 5.41) is 23.3. The zero-order valence-electron chi connectivity index (χ0n) is 7.45. The molecule has 78 valence electrons. The molecule has 7 nitrogen and oxygen atoms in total. The zero-order valence-corrected chi connectivity index (χ0v) is 7.45. The molecule has 0 aliphatic heterocycles. The van der Waals surface area contributed by atoms with Crippen LogP contribution in [0.2, 0.25) is 0 Å². The third kappa shape index (κ3) is 3.07. The van der Waals surface area contributed by atoms with Gasteiger partial charge in [-0.3, -0.25) is 14.9 Å². The summed E-state index contributed by atoms with van der Waals surface area (Å²) in [6, 6.07) is 5.42. The molecule has 0 heterocycles. The maximum Gasteiger partial charge on any atom is 0.271 e. The SMILES string of the molecule is O=C(C=NO)Nc1cccc([N+](=O)[O-])c1. The van der Waals surface area contributed by atoms with E-state index in [1.54, 1.807) is 0 Å². The molecule has 15 heavy (non-hydrogen) atoms. The largest absolute Gasteiger partial charge is 0.411 e. The summed E-state index contributed by atoms with van der Waals surface area (Å²) in [6.45, 7) is 0. The first-order valence-electron chi connectivity index (χ1n) is 3.86. The second kappa shape index (κ2) is 4.70. The minimum absolute atomic E-state index is 0.131. The molecule has 0 saturated carbocycles. The zero-order chi connectivity index (χ0) is 11.3. The van der Waals surface area contributed by atoms with Crippen LogP contribution in [0, 0.1) is 10.1 Å². The average Bonchev–Trinajstić information content (AvgIpc) is 2.18. The van der Waals surface area contributed by atoms with E-state index in [4.69, 9.17) is 5.21 Å². The van der Waals surface area contributed by atoms with E-state index in [1.807, 2.05) is 0 Å². The van der Waals surface area contributed by atoms with Crippen LogP contribution < -0.4 is 5.32 Å². The predicted molar refractivity (Wildman–Crippen MR) is 52.0 cm³/mol. The van der Waals surface area contributed by atoms with Crippen LogP contribution in [0.3, 0.4) is 0 Å². The highest BCUT2D eigenvalue weighted by atomic mass is 16.6. The van der Waals surface area contributed by atoms with Crippen LogP contribution in [0.15, 0.2) is 29.4 Å². The van der Waals surface area contributed by atoms with Crippen LogP contribution in [0.5, 0.6) is 0 Å². The molecule has 0 aliphatic rings. The highest BCUT2D eigenvalue weighted by molar-refractivity contribution is 6.31. The third-order valence-electron chi connectivity index (χ3n) is 1.50. The molecule has 0 aliphatic carbocycles. The van der Waals surface area contributed by atoms with Gasteiger partial charge >= 0.3 is 0 Å². The Morgan fingerprint density at radius 2 is 2.33 bits per heavy atom. The number of carbonyl (C=O) groups is 1. The fraction of sp³-hybridized carbons (Fsp3) is 0. The van der Waals surface area contributed by atoms with E-state index in [0.717, 1.165) is 0 Å². The normalized spacial score (nSPS) is 10.1. The van der Waals surface area contributed by atoms with Crippen molar-refractivity contribution in [3.05, 3.63) is 34.4 Å². The molecular weight excluding hydrogens is 202 g/mol. The number of benzene rings is 1. The van der Waals surface area contributed by atoms with Gasteiger partial charge < -0.3 is 10.5 Å². The molecule has 1 rings (SSSR count). The van der Waals surface area contributed by atoms with Crippen molar-refractivity contribution >= 4 is 23.5 Å². The Hall–Kier alpha value is -2.44. The Bertz CT molecular complexity index is 416. The number of rotatable bonds is 3. The van der Waals surface area contributed by atoms with E-state index in [1.165, 1.54) is 24.3 Å². The fourth-order valence-corrected chi connectivity index (χ4v) is 0.924. The van der Waals surface area contributed by atoms with Gasteiger partial charge in [-0.2, -0.15) is 0 Å². The number of amides is 1. The topological polar surface area (TPSA) is 105 Å². The number of nitrogens with zero attached hydrogens (tertiary/aromatic N) is 2. The summed E-state index contributed by atoms with van der Waals surface area (Å²) in [4.78, 5) is 20.7. The van der Waals surface area contributed by atoms with Gasteiger partial charge in [0, 0.05) is 17.8 Å². The number of carbonyl (C=O) groups excluding carboxylic acids is 1. The molecule has 0 fully saturated rings. The van der Waals surface area contributed by atoms with Crippen molar-refractivity contribution in [3.8, 4) is 0 Å². The van der Waals surface area contributed by atoms with E-state index in [0.29, 0.717) is 6.21 Å². The van der Waals surface area contributed by atoms with E-state index >= 15 is 0 Å². The van der Waals surface area contributed by atoms with Crippen LogP contribution in [-0.4, -0.2) is 22.3 Å². The molecule has 1 amide bonds. The smallest absolute Gasteiger partial charge is 0.271 e. The Labute approximate surface area is 84.2 Å². The molecule has 0 unspecified atom stereocenters. The highest BCUT2D eigenvalue weighted by Gasteiger charge is 2.06. The van der Waals surface area contributed by atoms with Gasteiger partial charge in [-0.25, -0.2) is 0 Å². The first-order valence-corrected chi connectivity index (χ1v) is 3.86. The van der Waals surface area contributed by atoms with Crippen molar-refractivity contribution in [2.75, 3.05) is 5.32 Å². The monoisotopic (exact) mass is 209 g/mol. The van der Waals surface area contributed by atoms with Gasteiger partial charge in [-0.15, -0.1) is 0 Å². The lowest BCUT2D eigenvalue weighted by atomic mass is 10.3. The van der Waals surface area contributed by atoms with Crippen molar-refractivity contribution in [1.82, 2.24) is 0 Å². The molecule has 0 spiro atoms. The minimum Gasteiger partial charge on any atom is -0.411 e. The molecule has 0 atom stereocenters. The van der Waals surface area contributed by atoms with Gasteiger partial charge in [-0.05, 0) is 6.07 Å². The Morgan fingerprint density at radius 1 is 1.60 bits per heavy atom. The lowest BCUT2D eigenvalue weighted by Crippen LogP contribution is -2.12. The van der Waals surface area contributed by atoms with Crippen LogP contribution >= 0.6 is 0 Å². The van der Waals surface area contributed by atoms with Gasteiger partial charge in [0.15, 0.2) is 0 Å². The average molecular weight is 209 g/mol. The van der Waals surface area contributed by atoms with Crippen LogP contribution in [0.1, 0.15) is 0 Å². The highest BCUT2D eigenvalue weighted by Crippen LogP contribution is 2.16. The fourth-order valence-electron chi connectivity index (χ4n) is 0.924. The number of anilines is 1. The van der Waals surface area contributed by atoms with Crippen molar-refractivity contribution in [2.45, 2.75) is 0 Å². The van der Waals surface area contributed by atoms with Crippen LogP contribution in [0.4, 0.5) is 11.4 Å². The number of hydrogen-bond donors (Lipinski definition) is 2. The Morgan fingerprint density at radius 3 is 2.93 bits per heavy atom. The third-order valence-corrected chi connectivity index (χ3v) is 1.50. The quantitative estimate of drug-likeness (QED) is 0.335. The maximum absolute atomic E-state index is 10.9. The number of nitro groups is 1. The number of oxime groups is 1. The first kappa shape index (κ1) is 10.6. The van der Waals surface area contributed by atoms with E-state index in [9.17, 15) is 14.9 Å². The lowest BCUT2D eigenvalue weighted by molar-refractivity contribution is -0.384. The van der Waals surface area contributed by atoms with E-state index in [2.05, 4.69) is 10.5 Å². The molecule has 7 heteroatoms.